The molecule has 2 aromatic carbocycles. The van der Waals surface area contributed by atoms with Gasteiger partial charge in [-0.15, -0.1) is 10.2 Å². The summed E-state index contributed by atoms with van der Waals surface area (Å²) in [6.07, 6.45) is 0. The molecule has 0 saturated carbocycles. The van der Waals surface area contributed by atoms with E-state index in [1.165, 1.54) is 11.7 Å². The van der Waals surface area contributed by atoms with Gasteiger partial charge in [-0.1, -0.05) is 0 Å². The minimum absolute atomic E-state index is 0.188. The maximum absolute atomic E-state index is 12.8. The van der Waals surface area contributed by atoms with Crippen LogP contribution in [0.2, 0.25) is 0 Å². The maximum Gasteiger partial charge on any atom is 0.262 e. The second-order valence-corrected chi connectivity index (χ2v) is 5.98. The van der Waals surface area contributed by atoms with Gasteiger partial charge in [0, 0.05) is 18.7 Å². The van der Waals surface area contributed by atoms with Crippen LogP contribution in [0.5, 0.6) is 17.2 Å². The summed E-state index contributed by atoms with van der Waals surface area (Å²) < 4.78 is 19.3. The lowest BCUT2D eigenvalue weighted by Crippen LogP contribution is -2.20. The van der Waals surface area contributed by atoms with Crippen LogP contribution in [0.1, 0.15) is 0 Å². The summed E-state index contributed by atoms with van der Waals surface area (Å²) in [5.74, 6) is 2.80. The summed E-state index contributed by atoms with van der Waals surface area (Å²) in [6, 6.07) is 10.9. The van der Waals surface area contributed by atoms with Gasteiger partial charge in [0.1, 0.15) is 5.75 Å². The van der Waals surface area contributed by atoms with Gasteiger partial charge in [-0.05, 0) is 30.3 Å². The van der Waals surface area contributed by atoms with Crippen LogP contribution < -0.4 is 19.8 Å². The maximum atomic E-state index is 12.8. The number of fused-ring (bicyclic) bond motifs is 3. The zero-order valence-electron chi connectivity index (χ0n) is 15.4. The Bertz CT molecular complexity index is 1210. The van der Waals surface area contributed by atoms with E-state index in [1.807, 2.05) is 28.7 Å². The van der Waals surface area contributed by atoms with Gasteiger partial charge in [-0.2, -0.15) is 0 Å². The fourth-order valence-electron chi connectivity index (χ4n) is 3.14. The molecule has 4 rings (SSSR count). The van der Waals surface area contributed by atoms with Crippen LogP contribution in [0.4, 0.5) is 0 Å². The number of nitrogens with zero attached hydrogens (tertiary/aromatic N) is 4. The Kier molecular flexibility index (Phi) is 3.95. The number of benzene rings is 2. The van der Waals surface area contributed by atoms with E-state index in [1.54, 1.807) is 33.4 Å². The third kappa shape index (κ3) is 2.49. The van der Waals surface area contributed by atoms with Gasteiger partial charge < -0.3 is 14.2 Å². The zero-order valence-corrected chi connectivity index (χ0v) is 15.4. The molecule has 27 heavy (non-hydrogen) atoms. The van der Waals surface area contributed by atoms with Gasteiger partial charge in [-0.25, -0.2) is 0 Å². The molecule has 0 bridgehead atoms. The predicted octanol–water partition coefficient (Wildman–Crippen LogP) is 2.27. The van der Waals surface area contributed by atoms with E-state index in [2.05, 4.69) is 10.2 Å². The van der Waals surface area contributed by atoms with Crippen molar-refractivity contribution in [2.45, 2.75) is 0 Å². The standard InChI is InChI=1S/C19H18N4O4/c1-22-18(24)13-9-15(26-3)16(27-4)10-14(13)23-17(20-21-19(22)23)11-5-7-12(25-2)8-6-11/h5-10H,1-4H3. The Labute approximate surface area is 154 Å². The predicted molar refractivity (Wildman–Crippen MR) is 101 cm³/mol. The topological polar surface area (TPSA) is 79.9 Å². The second kappa shape index (κ2) is 6.31. The van der Waals surface area contributed by atoms with Crippen LogP contribution in [-0.4, -0.2) is 40.5 Å². The molecule has 0 aliphatic carbocycles. The van der Waals surface area contributed by atoms with Crippen molar-refractivity contribution in [3.63, 3.8) is 0 Å². The molecule has 8 nitrogen and oxygen atoms in total. The minimum atomic E-state index is -0.188. The van der Waals surface area contributed by atoms with Crippen LogP contribution in [0.3, 0.4) is 0 Å². The summed E-state index contributed by atoms with van der Waals surface area (Å²) in [6.45, 7) is 0. The highest BCUT2D eigenvalue weighted by Gasteiger charge is 2.18. The number of ether oxygens (including phenoxy) is 3. The molecular weight excluding hydrogens is 348 g/mol. The van der Waals surface area contributed by atoms with Crippen molar-refractivity contribution < 1.29 is 14.2 Å². The van der Waals surface area contributed by atoms with Gasteiger partial charge in [0.2, 0.25) is 5.78 Å². The fourth-order valence-corrected chi connectivity index (χ4v) is 3.14. The Morgan fingerprint density at radius 3 is 2.19 bits per heavy atom. The highest BCUT2D eigenvalue weighted by Crippen LogP contribution is 2.32. The van der Waals surface area contributed by atoms with Crippen molar-refractivity contribution in [2.75, 3.05) is 21.3 Å². The molecule has 138 valence electrons. The van der Waals surface area contributed by atoms with E-state index >= 15 is 0 Å². The Morgan fingerprint density at radius 1 is 0.889 bits per heavy atom. The van der Waals surface area contributed by atoms with Crippen LogP contribution >= 0.6 is 0 Å². The molecular formula is C19H18N4O4. The van der Waals surface area contributed by atoms with E-state index in [0.717, 1.165) is 11.3 Å². The third-order valence-corrected chi connectivity index (χ3v) is 4.57. The summed E-state index contributed by atoms with van der Waals surface area (Å²) in [5, 5.41) is 9.01. The molecule has 0 radical (unpaired) electrons. The smallest absolute Gasteiger partial charge is 0.262 e. The van der Waals surface area contributed by atoms with E-state index in [-0.39, 0.29) is 5.56 Å². The Morgan fingerprint density at radius 2 is 1.56 bits per heavy atom. The molecule has 0 N–H and O–H groups in total. The fraction of sp³-hybridized carbons (Fsp3) is 0.211. The van der Waals surface area contributed by atoms with E-state index in [9.17, 15) is 4.79 Å². The molecule has 0 amide bonds. The molecule has 0 atom stereocenters. The zero-order chi connectivity index (χ0) is 19.1. The average molecular weight is 366 g/mol. The summed E-state index contributed by atoms with van der Waals surface area (Å²) >= 11 is 0. The van der Waals surface area contributed by atoms with Gasteiger partial charge in [0.15, 0.2) is 17.3 Å². The molecule has 0 saturated heterocycles. The lowest BCUT2D eigenvalue weighted by Gasteiger charge is -2.12. The third-order valence-electron chi connectivity index (χ3n) is 4.57. The van der Waals surface area contributed by atoms with Gasteiger partial charge in [0.05, 0.1) is 32.2 Å². The highest BCUT2D eigenvalue weighted by atomic mass is 16.5. The van der Waals surface area contributed by atoms with Gasteiger partial charge in [-0.3, -0.25) is 13.8 Å². The molecule has 0 fully saturated rings. The minimum Gasteiger partial charge on any atom is -0.497 e. The van der Waals surface area contributed by atoms with Crippen molar-refractivity contribution in [1.82, 2.24) is 19.2 Å². The molecule has 2 aromatic heterocycles. The molecule has 4 aromatic rings. The summed E-state index contributed by atoms with van der Waals surface area (Å²) in [7, 11) is 6.37. The van der Waals surface area contributed by atoms with Crippen LogP contribution in [0.25, 0.3) is 28.1 Å². The Hall–Kier alpha value is -3.55. The molecule has 0 spiro atoms. The molecule has 0 aliphatic heterocycles. The van der Waals surface area contributed by atoms with Gasteiger partial charge >= 0.3 is 0 Å². The first kappa shape index (κ1) is 16.9. The second-order valence-electron chi connectivity index (χ2n) is 5.98. The number of hydrogen-bond acceptors (Lipinski definition) is 6. The van der Waals surface area contributed by atoms with E-state index in [4.69, 9.17) is 14.2 Å². The first-order valence-corrected chi connectivity index (χ1v) is 8.23. The largest absolute Gasteiger partial charge is 0.497 e. The van der Waals surface area contributed by atoms with Crippen LogP contribution in [0, 0.1) is 0 Å². The van der Waals surface area contributed by atoms with Crippen molar-refractivity contribution in [1.29, 1.82) is 0 Å². The lowest BCUT2D eigenvalue weighted by atomic mass is 10.2. The quantitative estimate of drug-likeness (QED) is 0.551. The lowest BCUT2D eigenvalue weighted by molar-refractivity contribution is 0.355. The first-order valence-electron chi connectivity index (χ1n) is 8.23. The van der Waals surface area contributed by atoms with E-state index in [0.29, 0.717) is 34.0 Å². The van der Waals surface area contributed by atoms with Crippen LogP contribution in [0.15, 0.2) is 41.2 Å². The monoisotopic (exact) mass is 366 g/mol. The highest BCUT2D eigenvalue weighted by molar-refractivity contribution is 5.85. The summed E-state index contributed by atoms with van der Waals surface area (Å²) in [4.78, 5) is 12.8. The SMILES string of the molecule is COc1ccc(-c2nnc3n(C)c(=O)c4cc(OC)c(OC)cc4n23)cc1. The van der Waals surface area contributed by atoms with E-state index < -0.39 is 0 Å². The van der Waals surface area contributed by atoms with Crippen molar-refractivity contribution in [3.8, 4) is 28.6 Å². The van der Waals surface area contributed by atoms with Crippen molar-refractivity contribution >= 4 is 16.7 Å². The number of aromatic nitrogens is 4. The molecule has 0 aliphatic rings. The normalized spacial score (nSPS) is 11.1. The summed E-state index contributed by atoms with van der Waals surface area (Å²) in [5.41, 5.74) is 1.30. The number of rotatable bonds is 4. The Balaban J connectivity index is 2.11. The molecule has 0 unspecified atom stereocenters. The molecule has 8 heteroatoms. The number of aryl methyl sites for hydroxylation is 1. The average Bonchev–Trinajstić information content (AvgIpc) is 3.16. The van der Waals surface area contributed by atoms with Crippen molar-refractivity contribution in [3.05, 3.63) is 46.8 Å². The van der Waals surface area contributed by atoms with Crippen molar-refractivity contribution in [2.24, 2.45) is 7.05 Å². The number of hydrogen-bond donors (Lipinski definition) is 0. The first-order chi connectivity index (χ1) is 13.1. The molecule has 2 heterocycles. The number of methoxy groups -OCH3 is 3. The van der Waals surface area contributed by atoms with Crippen LogP contribution in [-0.2, 0) is 7.05 Å². The van der Waals surface area contributed by atoms with Gasteiger partial charge in [0.25, 0.3) is 5.56 Å².